The van der Waals surface area contributed by atoms with Gasteiger partial charge in [0.15, 0.2) is 10.9 Å². The number of nitrogens with one attached hydrogen (secondary N) is 3. The van der Waals surface area contributed by atoms with Gasteiger partial charge in [0.05, 0.1) is 13.2 Å². The minimum absolute atomic E-state index is 0.195. The Bertz CT molecular complexity index is 926. The van der Waals surface area contributed by atoms with Crippen LogP contribution in [-0.4, -0.2) is 55.3 Å². The summed E-state index contributed by atoms with van der Waals surface area (Å²) in [7, 11) is 0. The molecule has 0 bridgehead atoms. The SMILES string of the molecule is O=C(NNC(=S)NCCCN1CCOCC1)c1ccc(COc2ccc3c(c2)CCC3)o1. The Kier molecular flexibility index (Phi) is 7.97. The first-order valence-electron chi connectivity index (χ1n) is 11.1. The topological polar surface area (TPSA) is 88.0 Å². The van der Waals surface area contributed by atoms with Gasteiger partial charge in [0.25, 0.3) is 0 Å². The van der Waals surface area contributed by atoms with Crippen LogP contribution in [0.25, 0.3) is 0 Å². The largest absolute Gasteiger partial charge is 0.486 e. The Morgan fingerprint density at radius 3 is 2.81 bits per heavy atom. The Morgan fingerprint density at radius 2 is 1.94 bits per heavy atom. The second kappa shape index (κ2) is 11.3. The fourth-order valence-electron chi connectivity index (χ4n) is 3.92. The molecule has 0 atom stereocenters. The molecule has 3 N–H and O–H groups in total. The molecule has 172 valence electrons. The fourth-order valence-corrected chi connectivity index (χ4v) is 4.07. The maximum Gasteiger partial charge on any atom is 0.305 e. The standard InChI is InChI=1S/C23H30N4O4S/c28-22(25-26-23(32)24-9-2-10-27-11-13-29-14-12-27)21-8-7-20(31-21)16-30-19-6-5-17-3-1-4-18(17)15-19/h5-8,15H,1-4,9-14,16H2,(H,25,28)(H2,24,26,32). The number of ether oxygens (including phenoxy) is 2. The van der Waals surface area contributed by atoms with E-state index in [1.54, 1.807) is 12.1 Å². The predicted octanol–water partition coefficient (Wildman–Crippen LogP) is 2.18. The number of fused-ring (bicyclic) bond motifs is 1. The van der Waals surface area contributed by atoms with E-state index in [2.05, 4.69) is 33.2 Å². The zero-order valence-electron chi connectivity index (χ0n) is 18.2. The van der Waals surface area contributed by atoms with Crippen molar-refractivity contribution < 1.29 is 18.7 Å². The number of carbonyl (C=O) groups is 1. The van der Waals surface area contributed by atoms with Crippen LogP contribution in [0.1, 0.15) is 40.3 Å². The van der Waals surface area contributed by atoms with E-state index in [1.165, 1.54) is 17.5 Å². The van der Waals surface area contributed by atoms with Crippen molar-refractivity contribution in [2.75, 3.05) is 39.4 Å². The summed E-state index contributed by atoms with van der Waals surface area (Å²) < 4.78 is 16.8. The molecule has 0 spiro atoms. The van der Waals surface area contributed by atoms with Crippen molar-refractivity contribution in [3.8, 4) is 5.75 Å². The lowest BCUT2D eigenvalue weighted by Gasteiger charge is -2.26. The van der Waals surface area contributed by atoms with E-state index in [0.29, 0.717) is 10.9 Å². The molecule has 1 fully saturated rings. The van der Waals surface area contributed by atoms with Gasteiger partial charge >= 0.3 is 5.91 Å². The van der Waals surface area contributed by atoms with E-state index >= 15 is 0 Å². The maximum absolute atomic E-state index is 12.3. The molecular formula is C23H30N4O4S. The minimum Gasteiger partial charge on any atom is -0.486 e. The van der Waals surface area contributed by atoms with Gasteiger partial charge in [0.2, 0.25) is 0 Å². The normalized spacial score (nSPS) is 15.8. The highest BCUT2D eigenvalue weighted by Gasteiger charge is 2.14. The molecular weight excluding hydrogens is 428 g/mol. The molecule has 1 aromatic heterocycles. The Morgan fingerprint density at radius 1 is 1.09 bits per heavy atom. The lowest BCUT2D eigenvalue weighted by atomic mass is 10.1. The maximum atomic E-state index is 12.3. The number of aryl methyl sites for hydroxylation is 2. The van der Waals surface area contributed by atoms with Crippen LogP contribution in [-0.2, 0) is 24.2 Å². The van der Waals surface area contributed by atoms with Crippen molar-refractivity contribution in [2.45, 2.75) is 32.3 Å². The number of nitrogens with zero attached hydrogens (tertiary/aromatic N) is 1. The molecule has 2 aliphatic rings. The molecule has 2 heterocycles. The van der Waals surface area contributed by atoms with Crippen molar-refractivity contribution in [3.05, 3.63) is 53.0 Å². The van der Waals surface area contributed by atoms with Gasteiger partial charge in [-0.3, -0.25) is 20.5 Å². The highest BCUT2D eigenvalue weighted by molar-refractivity contribution is 7.80. The van der Waals surface area contributed by atoms with Crippen molar-refractivity contribution in [2.24, 2.45) is 0 Å². The molecule has 9 heteroatoms. The van der Waals surface area contributed by atoms with Gasteiger partial charge in [-0.1, -0.05) is 6.07 Å². The third-order valence-corrected chi connectivity index (χ3v) is 5.91. The van der Waals surface area contributed by atoms with Crippen LogP contribution in [0.3, 0.4) is 0 Å². The molecule has 1 aliphatic carbocycles. The van der Waals surface area contributed by atoms with E-state index in [-0.39, 0.29) is 12.4 Å². The second-order valence-electron chi connectivity index (χ2n) is 7.98. The first-order valence-corrected chi connectivity index (χ1v) is 11.6. The third kappa shape index (κ3) is 6.44. The molecule has 1 aromatic carbocycles. The van der Waals surface area contributed by atoms with E-state index in [0.717, 1.165) is 64.4 Å². The summed E-state index contributed by atoms with van der Waals surface area (Å²) in [6.07, 6.45) is 4.42. The summed E-state index contributed by atoms with van der Waals surface area (Å²) in [4.78, 5) is 14.7. The molecule has 0 saturated carbocycles. The number of amides is 1. The smallest absolute Gasteiger partial charge is 0.305 e. The molecule has 1 aliphatic heterocycles. The highest BCUT2D eigenvalue weighted by Crippen LogP contribution is 2.26. The van der Waals surface area contributed by atoms with Crippen LogP contribution in [0.15, 0.2) is 34.7 Å². The van der Waals surface area contributed by atoms with E-state index in [9.17, 15) is 4.79 Å². The van der Waals surface area contributed by atoms with Crippen LogP contribution < -0.4 is 20.9 Å². The minimum atomic E-state index is -0.397. The number of thiocarbonyl (C=S) groups is 1. The van der Waals surface area contributed by atoms with Gasteiger partial charge < -0.3 is 19.2 Å². The lowest BCUT2D eigenvalue weighted by Crippen LogP contribution is -2.47. The van der Waals surface area contributed by atoms with Crippen molar-refractivity contribution in [3.63, 3.8) is 0 Å². The van der Waals surface area contributed by atoms with Crippen molar-refractivity contribution >= 4 is 23.2 Å². The number of furan rings is 1. The van der Waals surface area contributed by atoms with Crippen LogP contribution in [0.2, 0.25) is 0 Å². The second-order valence-corrected chi connectivity index (χ2v) is 8.39. The fraction of sp³-hybridized carbons (Fsp3) is 0.478. The Labute approximate surface area is 193 Å². The van der Waals surface area contributed by atoms with E-state index in [4.69, 9.17) is 26.1 Å². The average Bonchev–Trinajstić information content (AvgIpc) is 3.49. The first-order chi connectivity index (χ1) is 15.7. The number of hydrazine groups is 1. The number of hydrogen-bond donors (Lipinski definition) is 3. The Balaban J connectivity index is 1.13. The summed E-state index contributed by atoms with van der Waals surface area (Å²) in [5, 5.41) is 3.46. The van der Waals surface area contributed by atoms with Crippen molar-refractivity contribution in [1.82, 2.24) is 21.1 Å². The van der Waals surface area contributed by atoms with E-state index < -0.39 is 5.91 Å². The Hall–Kier alpha value is -2.62. The molecule has 2 aromatic rings. The molecule has 4 rings (SSSR count). The highest BCUT2D eigenvalue weighted by atomic mass is 32.1. The number of hydrogen-bond acceptors (Lipinski definition) is 6. The average molecular weight is 459 g/mol. The third-order valence-electron chi connectivity index (χ3n) is 5.67. The zero-order chi connectivity index (χ0) is 22.2. The van der Waals surface area contributed by atoms with Crippen LogP contribution in [0.5, 0.6) is 5.75 Å². The zero-order valence-corrected chi connectivity index (χ0v) is 19.0. The first kappa shape index (κ1) is 22.6. The number of rotatable bonds is 8. The summed E-state index contributed by atoms with van der Waals surface area (Å²) in [6, 6.07) is 9.57. The summed E-state index contributed by atoms with van der Waals surface area (Å²) >= 11 is 5.21. The summed E-state index contributed by atoms with van der Waals surface area (Å²) in [5.74, 6) is 1.20. The van der Waals surface area contributed by atoms with Crippen molar-refractivity contribution in [1.29, 1.82) is 0 Å². The van der Waals surface area contributed by atoms with Gasteiger partial charge in [-0.15, -0.1) is 0 Å². The lowest BCUT2D eigenvalue weighted by molar-refractivity contribution is 0.0376. The molecule has 8 nitrogen and oxygen atoms in total. The van der Waals surface area contributed by atoms with Crippen LogP contribution in [0, 0.1) is 0 Å². The number of benzene rings is 1. The number of morpholine rings is 1. The van der Waals surface area contributed by atoms with Gasteiger partial charge in [-0.05, 0) is 79.8 Å². The summed E-state index contributed by atoms with van der Waals surface area (Å²) in [6.45, 7) is 5.53. The van der Waals surface area contributed by atoms with Crippen LogP contribution in [0.4, 0.5) is 0 Å². The monoisotopic (exact) mass is 458 g/mol. The quantitative estimate of drug-likeness (QED) is 0.315. The van der Waals surface area contributed by atoms with Gasteiger partial charge in [-0.25, -0.2) is 0 Å². The van der Waals surface area contributed by atoms with E-state index in [1.807, 2.05) is 6.07 Å². The van der Waals surface area contributed by atoms with Gasteiger partial charge in [0, 0.05) is 19.6 Å². The molecule has 32 heavy (non-hydrogen) atoms. The molecule has 1 saturated heterocycles. The van der Waals surface area contributed by atoms with Gasteiger partial charge in [-0.2, -0.15) is 0 Å². The molecule has 1 amide bonds. The van der Waals surface area contributed by atoms with Gasteiger partial charge in [0.1, 0.15) is 18.1 Å². The summed E-state index contributed by atoms with van der Waals surface area (Å²) in [5.41, 5.74) is 8.03. The molecule has 0 radical (unpaired) electrons. The number of carbonyl (C=O) groups excluding carboxylic acids is 1. The van der Waals surface area contributed by atoms with Crippen LogP contribution >= 0.6 is 12.2 Å². The molecule has 0 unspecified atom stereocenters. The predicted molar refractivity (Wildman–Crippen MR) is 125 cm³/mol.